The molecule has 0 bridgehead atoms. The van der Waals surface area contributed by atoms with Gasteiger partial charge in [0.15, 0.2) is 17.2 Å². The summed E-state index contributed by atoms with van der Waals surface area (Å²) in [5, 5.41) is 2.80. The summed E-state index contributed by atoms with van der Waals surface area (Å²) < 4.78 is 33.7. The van der Waals surface area contributed by atoms with Crippen LogP contribution in [-0.4, -0.2) is 41.4 Å². The summed E-state index contributed by atoms with van der Waals surface area (Å²) >= 11 is 0. The number of pyridine rings is 2. The van der Waals surface area contributed by atoms with E-state index in [9.17, 15) is 13.2 Å². The van der Waals surface area contributed by atoms with Crippen LogP contribution in [0.4, 0.5) is 17.3 Å². The number of rotatable bonds is 7. The number of sulfonamides is 1. The second-order valence-corrected chi connectivity index (χ2v) is 11.6. The third kappa shape index (κ3) is 5.23. The summed E-state index contributed by atoms with van der Waals surface area (Å²) in [5.74, 6) is 1.07. The second kappa shape index (κ2) is 9.90. The Labute approximate surface area is 221 Å². The maximum absolute atomic E-state index is 13.2. The Bertz CT molecular complexity index is 1550. The van der Waals surface area contributed by atoms with Crippen LogP contribution in [-0.2, 0) is 10.0 Å². The van der Waals surface area contributed by atoms with Crippen LogP contribution in [0.3, 0.4) is 0 Å². The fourth-order valence-electron chi connectivity index (χ4n) is 4.84. The smallest absolute Gasteiger partial charge is 0.281 e. The zero-order valence-electron chi connectivity index (χ0n) is 21.2. The summed E-state index contributed by atoms with van der Waals surface area (Å²) in [5.41, 5.74) is 1.53. The van der Waals surface area contributed by atoms with Crippen molar-refractivity contribution in [1.82, 2.24) is 19.7 Å². The van der Waals surface area contributed by atoms with Gasteiger partial charge in [0.2, 0.25) is 0 Å². The van der Waals surface area contributed by atoms with Crippen molar-refractivity contribution < 1.29 is 17.6 Å². The van der Waals surface area contributed by atoms with Gasteiger partial charge >= 0.3 is 0 Å². The van der Waals surface area contributed by atoms with Gasteiger partial charge in [-0.15, -0.1) is 0 Å². The molecular formula is C27H28N6O4S. The van der Waals surface area contributed by atoms with Crippen molar-refractivity contribution in [2.45, 2.75) is 37.8 Å². The number of carbonyl (C=O) groups excluding carboxylic acids is 1. The Morgan fingerprint density at radius 1 is 1.11 bits per heavy atom. The molecule has 1 aromatic carbocycles. The molecule has 5 rings (SSSR count). The van der Waals surface area contributed by atoms with E-state index in [0.717, 1.165) is 18.5 Å². The van der Waals surface area contributed by atoms with Crippen molar-refractivity contribution in [3.8, 4) is 11.3 Å². The van der Waals surface area contributed by atoms with Crippen LogP contribution in [0.15, 0.2) is 82.8 Å². The predicted octanol–water partition coefficient (Wildman–Crippen LogP) is 4.62. The van der Waals surface area contributed by atoms with E-state index >= 15 is 0 Å². The fourth-order valence-corrected chi connectivity index (χ4v) is 5.77. The highest BCUT2D eigenvalue weighted by Gasteiger charge is 2.39. The average Bonchev–Trinajstić information content (AvgIpc) is 3.51. The quantitative estimate of drug-likeness (QED) is 0.350. The van der Waals surface area contributed by atoms with Crippen LogP contribution in [0.25, 0.3) is 11.3 Å². The minimum atomic E-state index is -4.25. The van der Waals surface area contributed by atoms with E-state index < -0.39 is 15.9 Å². The van der Waals surface area contributed by atoms with Gasteiger partial charge in [0.25, 0.3) is 15.9 Å². The molecular weight excluding hydrogens is 504 g/mol. The van der Waals surface area contributed by atoms with Crippen LogP contribution < -0.4 is 14.9 Å². The van der Waals surface area contributed by atoms with Gasteiger partial charge in [-0.1, -0.05) is 13.0 Å². The highest BCUT2D eigenvalue weighted by atomic mass is 32.2. The molecule has 10 nitrogen and oxygen atoms in total. The van der Waals surface area contributed by atoms with E-state index in [2.05, 4.69) is 50.7 Å². The number of benzene rings is 1. The first-order valence-electron chi connectivity index (χ1n) is 12.2. The molecule has 2 N–H and O–H groups in total. The third-order valence-corrected chi connectivity index (χ3v) is 7.69. The number of nitrogens with zero attached hydrogens (tertiary/aromatic N) is 4. The molecule has 38 heavy (non-hydrogen) atoms. The molecule has 1 saturated heterocycles. The molecule has 1 fully saturated rings. The lowest BCUT2D eigenvalue weighted by atomic mass is 9.97. The van der Waals surface area contributed by atoms with Gasteiger partial charge in [0.1, 0.15) is 11.6 Å². The van der Waals surface area contributed by atoms with Crippen molar-refractivity contribution in [1.29, 1.82) is 0 Å². The molecule has 0 radical (unpaired) electrons. The van der Waals surface area contributed by atoms with E-state index in [0.29, 0.717) is 29.0 Å². The van der Waals surface area contributed by atoms with Crippen LogP contribution in [0, 0.1) is 5.92 Å². The van der Waals surface area contributed by atoms with Crippen molar-refractivity contribution in [2.75, 3.05) is 16.8 Å². The van der Waals surface area contributed by atoms with E-state index in [4.69, 9.17) is 4.42 Å². The van der Waals surface area contributed by atoms with Crippen LogP contribution in [0.1, 0.15) is 37.6 Å². The molecule has 4 aromatic rings. The molecule has 1 unspecified atom stereocenters. The number of nitrogens with one attached hydrogen (secondary N) is 2. The first-order chi connectivity index (χ1) is 18.1. The lowest BCUT2D eigenvalue weighted by Crippen LogP contribution is -2.41. The fraction of sp³-hybridized carbons (Fsp3) is 0.259. The minimum Gasteiger partial charge on any atom is -0.444 e. The lowest BCUT2D eigenvalue weighted by Gasteiger charge is -2.33. The zero-order chi connectivity index (χ0) is 26.9. The molecule has 0 aliphatic carbocycles. The minimum absolute atomic E-state index is 0.194. The number of hydrogen-bond donors (Lipinski definition) is 2. The maximum Gasteiger partial charge on any atom is 0.281 e. The second-order valence-electron chi connectivity index (χ2n) is 9.97. The Morgan fingerprint density at radius 2 is 1.89 bits per heavy atom. The Morgan fingerprint density at radius 3 is 2.58 bits per heavy atom. The van der Waals surface area contributed by atoms with Crippen molar-refractivity contribution in [3.63, 3.8) is 0 Å². The van der Waals surface area contributed by atoms with Gasteiger partial charge in [0, 0.05) is 29.5 Å². The summed E-state index contributed by atoms with van der Waals surface area (Å²) in [4.78, 5) is 27.8. The van der Waals surface area contributed by atoms with Crippen molar-refractivity contribution >= 4 is 33.3 Å². The summed E-state index contributed by atoms with van der Waals surface area (Å²) in [6, 6.07) is 15.1. The average molecular weight is 533 g/mol. The molecule has 1 atom stereocenters. The molecule has 1 aliphatic rings. The molecule has 1 amide bonds. The number of amides is 1. The standard InChI is InChI=1S/C27H28N6O4S/c1-18-14-27(2,3)33(16-18)25-21(6-5-13-29-25)26(34)32-38(35,36)24-8-4-7-23(31-24)30-20-11-9-19(10-12-20)22-15-28-17-37-22/h4-13,15,17-18H,14,16H2,1-3H3,(H,30,31)(H,32,34). The summed E-state index contributed by atoms with van der Waals surface area (Å²) in [7, 11) is -4.25. The Hall–Kier alpha value is -4.25. The zero-order valence-corrected chi connectivity index (χ0v) is 22.1. The molecule has 11 heteroatoms. The number of carbonyl (C=O) groups is 1. The SMILES string of the molecule is CC1CN(c2ncccc2C(=O)NS(=O)(=O)c2cccc(Nc3ccc(-c4cnco4)cc3)n2)C(C)(C)C1. The molecule has 0 spiro atoms. The first kappa shape index (κ1) is 25.4. The van der Waals surface area contributed by atoms with Crippen LogP contribution in [0.5, 0.6) is 0 Å². The van der Waals surface area contributed by atoms with E-state index in [-0.39, 0.29) is 16.1 Å². The molecule has 4 heterocycles. The Balaban J connectivity index is 1.34. The number of oxazole rings is 1. The van der Waals surface area contributed by atoms with Gasteiger partial charge in [-0.05, 0) is 74.7 Å². The molecule has 1 aliphatic heterocycles. The van der Waals surface area contributed by atoms with Gasteiger partial charge in [-0.3, -0.25) is 4.79 Å². The number of aromatic nitrogens is 3. The lowest BCUT2D eigenvalue weighted by molar-refractivity contribution is 0.0981. The normalized spacial score (nSPS) is 16.8. The van der Waals surface area contributed by atoms with Gasteiger partial charge in [-0.2, -0.15) is 8.42 Å². The maximum atomic E-state index is 13.2. The van der Waals surface area contributed by atoms with Crippen molar-refractivity contribution in [2.24, 2.45) is 5.92 Å². The largest absolute Gasteiger partial charge is 0.444 e. The summed E-state index contributed by atoms with van der Waals surface area (Å²) in [6.07, 6.45) is 5.52. The third-order valence-electron chi connectivity index (χ3n) is 6.46. The van der Waals surface area contributed by atoms with Gasteiger partial charge in [-0.25, -0.2) is 19.7 Å². The Kier molecular flexibility index (Phi) is 6.62. The topological polar surface area (TPSA) is 130 Å². The van der Waals surface area contributed by atoms with Crippen LogP contribution >= 0.6 is 0 Å². The molecule has 0 saturated carbocycles. The van der Waals surface area contributed by atoms with E-state index in [1.165, 1.54) is 12.5 Å². The van der Waals surface area contributed by atoms with Gasteiger partial charge < -0.3 is 14.6 Å². The summed E-state index contributed by atoms with van der Waals surface area (Å²) in [6.45, 7) is 7.06. The van der Waals surface area contributed by atoms with E-state index in [1.807, 2.05) is 24.3 Å². The highest BCUT2D eigenvalue weighted by Crippen LogP contribution is 2.37. The monoisotopic (exact) mass is 532 g/mol. The number of anilines is 3. The molecule has 196 valence electrons. The highest BCUT2D eigenvalue weighted by molar-refractivity contribution is 7.90. The van der Waals surface area contributed by atoms with Gasteiger partial charge in [0.05, 0.1) is 11.8 Å². The predicted molar refractivity (Wildman–Crippen MR) is 144 cm³/mol. The first-order valence-corrected chi connectivity index (χ1v) is 13.6. The molecule has 3 aromatic heterocycles. The van der Waals surface area contributed by atoms with Crippen LogP contribution in [0.2, 0.25) is 0 Å². The number of hydrogen-bond acceptors (Lipinski definition) is 9. The van der Waals surface area contributed by atoms with E-state index in [1.54, 1.807) is 36.7 Å². The van der Waals surface area contributed by atoms with Crippen molar-refractivity contribution in [3.05, 3.63) is 78.9 Å².